The molecule has 0 spiro atoms. The zero-order chi connectivity index (χ0) is 21.2. The van der Waals surface area contributed by atoms with Crippen LogP contribution in [0.25, 0.3) is 11.5 Å². The molecule has 2 aromatic rings. The van der Waals surface area contributed by atoms with Crippen molar-refractivity contribution in [2.75, 3.05) is 31.5 Å². The predicted molar refractivity (Wildman–Crippen MR) is 122 cm³/mol. The van der Waals surface area contributed by atoms with Gasteiger partial charge in [0.25, 0.3) is 0 Å². The van der Waals surface area contributed by atoms with Crippen LogP contribution in [0.3, 0.4) is 0 Å². The number of nitrogens with zero attached hydrogens (tertiary/aromatic N) is 3. The number of hydrogen-bond acceptors (Lipinski definition) is 5. The Morgan fingerprint density at radius 2 is 1.97 bits per heavy atom. The third kappa shape index (κ3) is 4.76. The Labute approximate surface area is 184 Å². The number of anilines is 1. The zero-order valence-corrected chi connectivity index (χ0v) is 18.5. The zero-order valence-electron chi connectivity index (χ0n) is 18.5. The lowest BCUT2D eigenvalue weighted by atomic mass is 10.1. The van der Waals surface area contributed by atoms with Crippen LogP contribution in [0.5, 0.6) is 0 Å². The summed E-state index contributed by atoms with van der Waals surface area (Å²) in [5, 5.41) is 6.44. The summed E-state index contributed by atoms with van der Waals surface area (Å²) in [6.45, 7) is 5.36. The van der Waals surface area contributed by atoms with Gasteiger partial charge in [-0.3, -0.25) is 9.69 Å². The molecular formula is C24H34N6O. The van der Waals surface area contributed by atoms with E-state index in [0.717, 1.165) is 48.6 Å². The quantitative estimate of drug-likeness (QED) is 0.567. The molecule has 1 unspecified atom stereocenters. The van der Waals surface area contributed by atoms with Gasteiger partial charge in [0.05, 0.1) is 11.6 Å². The normalized spacial score (nSPS) is 22.2. The number of aromatic nitrogens is 3. The van der Waals surface area contributed by atoms with Gasteiger partial charge in [-0.05, 0) is 57.7 Å². The Bertz CT molecular complexity index is 915. The maximum atomic E-state index is 12.6. The third-order valence-corrected chi connectivity index (χ3v) is 7.04. The van der Waals surface area contributed by atoms with E-state index < -0.39 is 0 Å². The van der Waals surface area contributed by atoms with Crippen LogP contribution >= 0.6 is 0 Å². The van der Waals surface area contributed by atoms with Crippen LogP contribution in [0.2, 0.25) is 0 Å². The topological polar surface area (TPSA) is 85.9 Å². The molecule has 7 heteroatoms. The first kappa shape index (κ1) is 20.5. The molecule has 7 nitrogen and oxygen atoms in total. The summed E-state index contributed by atoms with van der Waals surface area (Å²) < 4.78 is 0. The highest BCUT2D eigenvalue weighted by Crippen LogP contribution is 2.41. The minimum absolute atomic E-state index is 0.143. The van der Waals surface area contributed by atoms with Gasteiger partial charge in [0.1, 0.15) is 11.5 Å². The number of carbonyl (C=O) groups excluding carboxylic acids is 1. The summed E-state index contributed by atoms with van der Waals surface area (Å²) in [5.74, 6) is 2.61. The average Bonchev–Trinajstić information content (AvgIpc) is 3.18. The molecule has 31 heavy (non-hydrogen) atoms. The lowest BCUT2D eigenvalue weighted by Gasteiger charge is -2.23. The first-order valence-corrected chi connectivity index (χ1v) is 12.0. The van der Waals surface area contributed by atoms with Crippen LogP contribution in [-0.2, 0) is 4.79 Å². The van der Waals surface area contributed by atoms with E-state index in [1.54, 1.807) is 0 Å². The Kier molecular flexibility index (Phi) is 5.94. The number of nitrogens with one attached hydrogen (secondary N) is 3. The fraction of sp³-hybridized carbons (Fsp3) is 0.625. The molecule has 3 aliphatic rings. The van der Waals surface area contributed by atoms with Crippen LogP contribution < -0.4 is 10.6 Å². The van der Waals surface area contributed by atoms with Crippen molar-refractivity contribution in [3.05, 3.63) is 29.6 Å². The standard InChI is InChI=1S/C24H34N6O/c1-16-22(17-9-10-17)29-23(27-16)20-7-4-8-21(28-20)25-12-13-26-24(31)18-11-14-30(15-18)19-5-2-3-6-19/h4,7-8,17-19H,2-3,5-6,9-15H2,1H3,(H,25,28)(H,26,31)(H,27,29). The molecule has 0 aromatic carbocycles. The fourth-order valence-electron chi connectivity index (χ4n) is 5.14. The van der Waals surface area contributed by atoms with E-state index in [2.05, 4.69) is 27.4 Å². The Morgan fingerprint density at radius 1 is 1.13 bits per heavy atom. The van der Waals surface area contributed by atoms with Gasteiger partial charge in [-0.2, -0.15) is 0 Å². The molecule has 5 rings (SSSR count). The summed E-state index contributed by atoms with van der Waals surface area (Å²) in [4.78, 5) is 28.0. The highest BCUT2D eigenvalue weighted by Gasteiger charge is 2.33. The Hall–Kier alpha value is -2.41. The van der Waals surface area contributed by atoms with Crippen LogP contribution in [0, 0.1) is 12.8 Å². The van der Waals surface area contributed by atoms with Crippen LogP contribution in [0.15, 0.2) is 18.2 Å². The lowest BCUT2D eigenvalue weighted by Crippen LogP contribution is -2.37. The number of rotatable bonds is 8. The van der Waals surface area contributed by atoms with Gasteiger partial charge in [0.15, 0.2) is 5.82 Å². The number of H-pyrrole nitrogens is 1. The van der Waals surface area contributed by atoms with E-state index in [9.17, 15) is 4.79 Å². The minimum atomic E-state index is 0.143. The van der Waals surface area contributed by atoms with Crippen molar-refractivity contribution in [2.45, 2.75) is 63.8 Å². The van der Waals surface area contributed by atoms with E-state index in [4.69, 9.17) is 9.97 Å². The molecule has 3 fully saturated rings. The van der Waals surface area contributed by atoms with Gasteiger partial charge in [-0.1, -0.05) is 18.9 Å². The van der Waals surface area contributed by atoms with Crippen LogP contribution in [0.4, 0.5) is 5.82 Å². The van der Waals surface area contributed by atoms with Crippen molar-refractivity contribution in [1.82, 2.24) is 25.2 Å². The molecule has 1 amide bonds. The summed E-state index contributed by atoms with van der Waals surface area (Å²) in [7, 11) is 0. The van der Waals surface area contributed by atoms with Crippen molar-refractivity contribution in [1.29, 1.82) is 0 Å². The van der Waals surface area contributed by atoms with Gasteiger partial charge in [-0.15, -0.1) is 0 Å². The van der Waals surface area contributed by atoms with Crippen molar-refractivity contribution < 1.29 is 4.79 Å². The Morgan fingerprint density at radius 3 is 2.77 bits per heavy atom. The predicted octanol–water partition coefficient (Wildman–Crippen LogP) is 3.45. The van der Waals surface area contributed by atoms with Crippen molar-refractivity contribution in [3.63, 3.8) is 0 Å². The van der Waals surface area contributed by atoms with Gasteiger partial charge in [0.2, 0.25) is 5.91 Å². The monoisotopic (exact) mass is 422 g/mol. The number of aryl methyl sites for hydroxylation is 1. The van der Waals surface area contributed by atoms with Gasteiger partial charge >= 0.3 is 0 Å². The summed E-state index contributed by atoms with van der Waals surface area (Å²) in [6, 6.07) is 6.65. The van der Waals surface area contributed by atoms with E-state index in [-0.39, 0.29) is 11.8 Å². The van der Waals surface area contributed by atoms with E-state index in [0.29, 0.717) is 19.0 Å². The third-order valence-electron chi connectivity index (χ3n) is 7.04. The molecule has 1 atom stereocenters. The van der Waals surface area contributed by atoms with E-state index in [1.165, 1.54) is 44.2 Å². The second-order valence-electron chi connectivity index (χ2n) is 9.41. The Balaban J connectivity index is 1.08. The summed E-state index contributed by atoms with van der Waals surface area (Å²) in [6.07, 6.45) is 8.79. The van der Waals surface area contributed by atoms with E-state index in [1.807, 2.05) is 18.2 Å². The van der Waals surface area contributed by atoms with Gasteiger partial charge in [-0.25, -0.2) is 9.97 Å². The summed E-state index contributed by atoms with van der Waals surface area (Å²) >= 11 is 0. The first-order chi connectivity index (χ1) is 15.2. The number of carbonyl (C=O) groups is 1. The fourth-order valence-corrected chi connectivity index (χ4v) is 5.14. The molecule has 2 aliphatic carbocycles. The molecule has 3 N–H and O–H groups in total. The van der Waals surface area contributed by atoms with Crippen LogP contribution in [0.1, 0.15) is 62.3 Å². The number of pyridine rings is 1. The largest absolute Gasteiger partial charge is 0.368 e. The summed E-state index contributed by atoms with van der Waals surface area (Å²) in [5.41, 5.74) is 3.19. The van der Waals surface area contributed by atoms with Crippen molar-refractivity contribution in [3.8, 4) is 11.5 Å². The molecule has 3 heterocycles. The molecule has 2 saturated carbocycles. The van der Waals surface area contributed by atoms with E-state index >= 15 is 0 Å². The minimum Gasteiger partial charge on any atom is -0.368 e. The molecule has 1 saturated heterocycles. The maximum Gasteiger partial charge on any atom is 0.224 e. The van der Waals surface area contributed by atoms with Crippen molar-refractivity contribution >= 4 is 11.7 Å². The number of imidazole rings is 1. The highest BCUT2D eigenvalue weighted by molar-refractivity contribution is 5.79. The molecule has 0 bridgehead atoms. The molecular weight excluding hydrogens is 388 g/mol. The van der Waals surface area contributed by atoms with Crippen LogP contribution in [-0.4, -0.2) is 58.0 Å². The molecule has 1 aliphatic heterocycles. The second kappa shape index (κ2) is 8.99. The SMILES string of the molecule is Cc1[nH]c(-c2cccc(NCCNC(=O)C3CCN(C4CCCC4)C3)n2)nc1C1CC1. The molecule has 166 valence electrons. The number of aromatic amines is 1. The smallest absolute Gasteiger partial charge is 0.224 e. The lowest BCUT2D eigenvalue weighted by molar-refractivity contribution is -0.124. The average molecular weight is 423 g/mol. The maximum absolute atomic E-state index is 12.6. The van der Waals surface area contributed by atoms with Crippen molar-refractivity contribution in [2.24, 2.45) is 5.92 Å². The number of amides is 1. The molecule has 2 aromatic heterocycles. The number of hydrogen-bond donors (Lipinski definition) is 3. The number of likely N-dealkylation sites (tertiary alicyclic amines) is 1. The van der Waals surface area contributed by atoms with Gasteiger partial charge < -0.3 is 15.6 Å². The second-order valence-corrected chi connectivity index (χ2v) is 9.41. The van der Waals surface area contributed by atoms with Gasteiger partial charge in [0, 0.05) is 37.3 Å². The first-order valence-electron chi connectivity index (χ1n) is 12.0. The highest BCUT2D eigenvalue weighted by atomic mass is 16.1. The molecule has 0 radical (unpaired) electrons.